The summed E-state index contributed by atoms with van der Waals surface area (Å²) in [4.78, 5) is 13.4. The fourth-order valence-corrected chi connectivity index (χ4v) is 3.23. The van der Waals surface area contributed by atoms with Gasteiger partial charge in [0, 0.05) is 37.9 Å². The van der Waals surface area contributed by atoms with Gasteiger partial charge in [-0.05, 0) is 31.2 Å². The van der Waals surface area contributed by atoms with Gasteiger partial charge in [0.15, 0.2) is 0 Å². The van der Waals surface area contributed by atoms with Gasteiger partial charge in [-0.15, -0.1) is 0 Å². The zero-order valence-corrected chi connectivity index (χ0v) is 15.2. The van der Waals surface area contributed by atoms with Crippen LogP contribution in [0.4, 0.5) is 21.8 Å². The summed E-state index contributed by atoms with van der Waals surface area (Å²) in [5.74, 6) is 2.14. The van der Waals surface area contributed by atoms with Crippen LogP contribution in [-0.4, -0.2) is 36.1 Å². The Morgan fingerprint density at radius 1 is 1.04 bits per heavy atom. The van der Waals surface area contributed by atoms with Crippen LogP contribution in [0.25, 0.3) is 0 Å². The van der Waals surface area contributed by atoms with Crippen LogP contribution >= 0.6 is 0 Å². The van der Waals surface area contributed by atoms with Gasteiger partial charge in [0.2, 0.25) is 5.95 Å². The third-order valence-corrected chi connectivity index (χ3v) is 4.62. The molecule has 0 saturated carbocycles. The molecule has 0 aliphatic carbocycles. The highest BCUT2D eigenvalue weighted by Gasteiger charge is 2.21. The lowest BCUT2D eigenvalue weighted by Gasteiger charge is -2.36. The first-order valence-corrected chi connectivity index (χ1v) is 9.05. The Bertz CT molecular complexity index is 891. The third-order valence-electron chi connectivity index (χ3n) is 4.62. The van der Waals surface area contributed by atoms with Crippen molar-refractivity contribution in [1.82, 2.24) is 9.97 Å². The van der Waals surface area contributed by atoms with Gasteiger partial charge in [0.05, 0.1) is 18.5 Å². The molecular weight excluding hydrogens is 345 g/mol. The molecule has 0 spiro atoms. The van der Waals surface area contributed by atoms with E-state index in [0.717, 1.165) is 43.5 Å². The third kappa shape index (κ3) is 4.02. The number of hydrogen-bond acceptors (Lipinski definition) is 6. The van der Waals surface area contributed by atoms with Crippen molar-refractivity contribution in [2.24, 2.45) is 0 Å². The Morgan fingerprint density at radius 2 is 1.81 bits per heavy atom. The number of hydrogen-bond donors (Lipinski definition) is 1. The van der Waals surface area contributed by atoms with Gasteiger partial charge in [-0.3, -0.25) is 0 Å². The van der Waals surface area contributed by atoms with Crippen LogP contribution in [0.2, 0.25) is 0 Å². The van der Waals surface area contributed by atoms with Crippen LogP contribution in [0.15, 0.2) is 53.1 Å². The highest BCUT2D eigenvalue weighted by atomic mass is 19.1. The van der Waals surface area contributed by atoms with Gasteiger partial charge in [0.1, 0.15) is 17.4 Å². The number of nitrogens with one attached hydrogen (secondary N) is 1. The van der Waals surface area contributed by atoms with E-state index in [1.807, 2.05) is 37.3 Å². The number of halogens is 1. The fraction of sp³-hybridized carbons (Fsp3) is 0.300. The van der Waals surface area contributed by atoms with Gasteiger partial charge < -0.3 is 19.5 Å². The molecule has 0 bridgehead atoms. The number of aromatic nitrogens is 2. The molecule has 0 radical (unpaired) electrons. The quantitative estimate of drug-likeness (QED) is 0.745. The number of piperazine rings is 1. The maximum Gasteiger partial charge on any atom is 0.227 e. The summed E-state index contributed by atoms with van der Waals surface area (Å²) in [5, 5.41) is 3.28. The van der Waals surface area contributed by atoms with Crippen LogP contribution in [0, 0.1) is 12.7 Å². The summed E-state index contributed by atoms with van der Waals surface area (Å²) in [6.07, 6.45) is 1.66. The highest BCUT2D eigenvalue weighted by Crippen LogP contribution is 2.22. The minimum absolute atomic E-state index is 0.179. The molecular formula is C20H22FN5O. The van der Waals surface area contributed by atoms with E-state index >= 15 is 0 Å². The van der Waals surface area contributed by atoms with E-state index in [9.17, 15) is 4.39 Å². The van der Waals surface area contributed by atoms with Crippen LogP contribution in [0.5, 0.6) is 0 Å². The van der Waals surface area contributed by atoms with Gasteiger partial charge in [0.25, 0.3) is 0 Å². The van der Waals surface area contributed by atoms with Crippen LogP contribution in [-0.2, 0) is 6.54 Å². The molecule has 1 saturated heterocycles. The largest absolute Gasteiger partial charge is 0.467 e. The van der Waals surface area contributed by atoms with Crippen molar-refractivity contribution in [1.29, 1.82) is 0 Å². The normalized spacial score (nSPS) is 14.4. The lowest BCUT2D eigenvalue weighted by molar-refractivity contribution is 0.517. The Morgan fingerprint density at radius 3 is 2.56 bits per heavy atom. The molecule has 1 N–H and O–H groups in total. The molecule has 0 amide bonds. The number of rotatable bonds is 5. The van der Waals surface area contributed by atoms with Gasteiger partial charge in [-0.2, -0.15) is 4.98 Å². The summed E-state index contributed by atoms with van der Waals surface area (Å²) in [7, 11) is 0. The number of para-hydroxylation sites is 1. The minimum Gasteiger partial charge on any atom is -0.467 e. The average molecular weight is 367 g/mol. The second kappa shape index (κ2) is 7.65. The summed E-state index contributed by atoms with van der Waals surface area (Å²) in [6.45, 7) is 5.48. The predicted octanol–water partition coefficient (Wildman–Crippen LogP) is 3.46. The Kier molecular flexibility index (Phi) is 4.91. The smallest absolute Gasteiger partial charge is 0.227 e. The number of aryl methyl sites for hydroxylation is 1. The van der Waals surface area contributed by atoms with Crippen molar-refractivity contribution in [3.8, 4) is 0 Å². The molecule has 0 unspecified atom stereocenters. The molecule has 140 valence electrons. The molecule has 4 rings (SSSR count). The van der Waals surface area contributed by atoms with Crippen molar-refractivity contribution in [3.63, 3.8) is 0 Å². The first kappa shape index (κ1) is 17.3. The van der Waals surface area contributed by atoms with Crippen LogP contribution < -0.4 is 15.1 Å². The zero-order valence-electron chi connectivity index (χ0n) is 15.2. The van der Waals surface area contributed by atoms with Gasteiger partial charge >= 0.3 is 0 Å². The topological polar surface area (TPSA) is 57.4 Å². The number of anilines is 3. The Balaban J connectivity index is 1.42. The standard InChI is InChI=1S/C20H22FN5O/c1-15-13-19(22-14-16-5-4-12-27-16)24-20(23-15)26-10-8-25(9-11-26)18-7-3-2-6-17(18)21/h2-7,12-13H,8-11,14H2,1H3,(H,22,23,24). The predicted molar refractivity (Wildman–Crippen MR) is 104 cm³/mol. The van der Waals surface area contributed by atoms with E-state index in [2.05, 4.69) is 25.1 Å². The van der Waals surface area contributed by atoms with Crippen molar-refractivity contribution >= 4 is 17.5 Å². The Labute approximate surface area is 157 Å². The number of furan rings is 1. The minimum atomic E-state index is -0.179. The second-order valence-electron chi connectivity index (χ2n) is 6.55. The van der Waals surface area contributed by atoms with Crippen molar-refractivity contribution in [2.75, 3.05) is 41.3 Å². The van der Waals surface area contributed by atoms with Gasteiger partial charge in [-0.1, -0.05) is 12.1 Å². The summed E-state index contributed by atoms with van der Waals surface area (Å²) in [6, 6.07) is 12.6. The van der Waals surface area contributed by atoms with Crippen LogP contribution in [0.1, 0.15) is 11.5 Å². The summed E-state index contributed by atoms with van der Waals surface area (Å²) < 4.78 is 19.3. The average Bonchev–Trinajstić information content (AvgIpc) is 3.20. The lowest BCUT2D eigenvalue weighted by atomic mass is 10.2. The first-order valence-electron chi connectivity index (χ1n) is 9.05. The SMILES string of the molecule is Cc1cc(NCc2ccco2)nc(N2CCN(c3ccccc3F)CC2)n1. The summed E-state index contributed by atoms with van der Waals surface area (Å²) in [5.41, 5.74) is 1.56. The van der Waals surface area contributed by atoms with Crippen molar-refractivity contribution in [3.05, 3.63) is 66.0 Å². The molecule has 6 nitrogen and oxygen atoms in total. The molecule has 0 atom stereocenters. The number of benzene rings is 1. The first-order chi connectivity index (χ1) is 13.2. The van der Waals surface area contributed by atoms with Gasteiger partial charge in [-0.25, -0.2) is 9.37 Å². The molecule has 7 heteroatoms. The van der Waals surface area contributed by atoms with E-state index < -0.39 is 0 Å². The fourth-order valence-electron chi connectivity index (χ4n) is 3.23. The maximum atomic E-state index is 14.0. The molecule has 2 aromatic heterocycles. The Hall–Kier alpha value is -3.09. The zero-order chi connectivity index (χ0) is 18.6. The van der Waals surface area contributed by atoms with Crippen molar-refractivity contribution in [2.45, 2.75) is 13.5 Å². The summed E-state index contributed by atoms with van der Waals surface area (Å²) >= 11 is 0. The second-order valence-corrected chi connectivity index (χ2v) is 6.55. The molecule has 3 heterocycles. The van der Waals surface area contributed by atoms with E-state index in [4.69, 9.17) is 4.42 Å². The number of nitrogens with zero attached hydrogens (tertiary/aromatic N) is 4. The van der Waals surface area contributed by atoms with E-state index in [-0.39, 0.29) is 5.82 Å². The monoisotopic (exact) mass is 367 g/mol. The molecule has 27 heavy (non-hydrogen) atoms. The van der Waals surface area contributed by atoms with E-state index in [1.54, 1.807) is 12.3 Å². The highest BCUT2D eigenvalue weighted by molar-refractivity contribution is 5.50. The molecule has 1 aromatic carbocycles. The molecule has 1 fully saturated rings. The van der Waals surface area contributed by atoms with E-state index in [1.165, 1.54) is 6.07 Å². The van der Waals surface area contributed by atoms with E-state index in [0.29, 0.717) is 18.2 Å². The van der Waals surface area contributed by atoms with Crippen molar-refractivity contribution < 1.29 is 8.81 Å². The van der Waals surface area contributed by atoms with Crippen LogP contribution in [0.3, 0.4) is 0 Å². The molecule has 3 aromatic rings. The molecule has 1 aliphatic rings. The lowest BCUT2D eigenvalue weighted by Crippen LogP contribution is -2.47. The molecule has 1 aliphatic heterocycles. The maximum absolute atomic E-state index is 14.0.